The van der Waals surface area contributed by atoms with E-state index in [-0.39, 0.29) is 30.3 Å². The van der Waals surface area contributed by atoms with Gasteiger partial charge in [0.05, 0.1) is 19.1 Å². The highest BCUT2D eigenvalue weighted by Crippen LogP contribution is 2.21. The molecular formula is C17H32N4O4. The number of likely N-dealkylation sites (tertiary alicyclic amines) is 1. The van der Waals surface area contributed by atoms with Crippen LogP contribution in [0.1, 0.15) is 39.5 Å². The number of carbonyl (C=O) groups excluding carboxylic acids is 3. The summed E-state index contributed by atoms with van der Waals surface area (Å²) >= 11 is 0. The van der Waals surface area contributed by atoms with Crippen molar-refractivity contribution in [3.8, 4) is 0 Å². The summed E-state index contributed by atoms with van der Waals surface area (Å²) in [5.74, 6) is -0.409. The number of hydrogen-bond acceptors (Lipinski definition) is 5. The molecule has 0 radical (unpaired) electrons. The average molecular weight is 356 g/mol. The Balaban J connectivity index is 2.40. The van der Waals surface area contributed by atoms with Gasteiger partial charge in [0.15, 0.2) is 0 Å². The number of amides is 4. The van der Waals surface area contributed by atoms with E-state index in [1.807, 2.05) is 11.8 Å². The van der Waals surface area contributed by atoms with Crippen LogP contribution in [0.15, 0.2) is 0 Å². The van der Waals surface area contributed by atoms with Gasteiger partial charge in [-0.1, -0.05) is 13.3 Å². The summed E-state index contributed by atoms with van der Waals surface area (Å²) in [7, 11) is 1.54. The zero-order valence-electron chi connectivity index (χ0n) is 15.6. The van der Waals surface area contributed by atoms with Crippen LogP contribution in [0.2, 0.25) is 0 Å². The maximum absolute atomic E-state index is 12.2. The van der Waals surface area contributed by atoms with Gasteiger partial charge in [-0.15, -0.1) is 0 Å². The van der Waals surface area contributed by atoms with E-state index in [9.17, 15) is 14.4 Å². The van der Waals surface area contributed by atoms with Crippen molar-refractivity contribution in [3.63, 3.8) is 0 Å². The van der Waals surface area contributed by atoms with E-state index in [4.69, 9.17) is 4.74 Å². The Hall–Kier alpha value is -1.67. The summed E-state index contributed by atoms with van der Waals surface area (Å²) in [5.41, 5.74) is 0. The number of methoxy groups -OCH3 is 1. The molecule has 0 saturated carbocycles. The van der Waals surface area contributed by atoms with Crippen molar-refractivity contribution >= 4 is 17.8 Å². The highest BCUT2D eigenvalue weighted by molar-refractivity contribution is 5.95. The summed E-state index contributed by atoms with van der Waals surface area (Å²) in [6, 6.07) is -0.317. The third-order valence-electron chi connectivity index (χ3n) is 4.40. The van der Waals surface area contributed by atoms with E-state index < -0.39 is 6.03 Å². The van der Waals surface area contributed by atoms with Crippen molar-refractivity contribution in [1.29, 1.82) is 0 Å². The van der Waals surface area contributed by atoms with Crippen LogP contribution in [0, 0.1) is 5.92 Å². The van der Waals surface area contributed by atoms with Crippen LogP contribution in [-0.4, -0.2) is 68.7 Å². The van der Waals surface area contributed by atoms with Crippen LogP contribution in [0.5, 0.6) is 0 Å². The molecule has 0 bridgehead atoms. The Morgan fingerprint density at radius 1 is 1.16 bits per heavy atom. The van der Waals surface area contributed by atoms with Crippen LogP contribution in [0.3, 0.4) is 0 Å². The quantitative estimate of drug-likeness (QED) is 0.522. The molecule has 8 nitrogen and oxygen atoms in total. The Morgan fingerprint density at radius 3 is 2.60 bits per heavy atom. The number of nitrogens with one attached hydrogen (secondary N) is 3. The average Bonchev–Trinajstić information content (AvgIpc) is 2.57. The van der Waals surface area contributed by atoms with Gasteiger partial charge < -0.3 is 15.4 Å². The van der Waals surface area contributed by atoms with Gasteiger partial charge in [0, 0.05) is 32.8 Å². The summed E-state index contributed by atoms with van der Waals surface area (Å²) in [4.78, 5) is 37.8. The molecule has 1 heterocycles. The number of unbranched alkanes of at least 4 members (excludes halogenated alkanes) is 1. The molecule has 0 spiro atoms. The predicted molar refractivity (Wildman–Crippen MR) is 95.1 cm³/mol. The van der Waals surface area contributed by atoms with Gasteiger partial charge in [-0.05, 0) is 26.2 Å². The number of nitrogens with zero attached hydrogens (tertiary/aromatic N) is 1. The van der Waals surface area contributed by atoms with Gasteiger partial charge >= 0.3 is 6.03 Å². The fraction of sp³-hybridized carbons (Fsp3) is 0.824. The maximum Gasteiger partial charge on any atom is 0.321 e. The molecule has 0 aromatic carbocycles. The predicted octanol–water partition coefficient (Wildman–Crippen LogP) is 0.475. The van der Waals surface area contributed by atoms with E-state index in [2.05, 4.69) is 22.9 Å². The lowest BCUT2D eigenvalue weighted by Crippen LogP contribution is -2.51. The number of hydrogen-bond donors (Lipinski definition) is 3. The normalized spacial score (nSPS) is 20.8. The molecule has 0 aliphatic carbocycles. The molecule has 1 fully saturated rings. The second kappa shape index (κ2) is 11.8. The van der Waals surface area contributed by atoms with Gasteiger partial charge in [-0.25, -0.2) is 4.79 Å². The number of piperidine rings is 1. The SMILES string of the molecule is CCCCNC(=O)C1CCC(C)N(CC(=O)NC(=O)NCCOC)C1. The van der Waals surface area contributed by atoms with Gasteiger partial charge in [0.1, 0.15) is 0 Å². The molecule has 3 N–H and O–H groups in total. The van der Waals surface area contributed by atoms with Gasteiger partial charge in [0.2, 0.25) is 11.8 Å². The lowest BCUT2D eigenvalue weighted by Gasteiger charge is -2.36. The zero-order chi connectivity index (χ0) is 18.7. The van der Waals surface area contributed by atoms with Crippen LogP contribution < -0.4 is 16.0 Å². The Morgan fingerprint density at radius 2 is 1.92 bits per heavy atom. The summed E-state index contributed by atoms with van der Waals surface area (Å²) in [5, 5.41) is 7.81. The first-order valence-corrected chi connectivity index (χ1v) is 9.06. The summed E-state index contributed by atoms with van der Waals surface area (Å²) in [6.45, 7) is 6.20. The Labute approximate surface area is 150 Å². The third-order valence-corrected chi connectivity index (χ3v) is 4.40. The van der Waals surface area contributed by atoms with Gasteiger partial charge in [-0.2, -0.15) is 0 Å². The van der Waals surface area contributed by atoms with E-state index in [0.717, 1.165) is 25.7 Å². The number of rotatable bonds is 9. The molecule has 8 heteroatoms. The third kappa shape index (κ3) is 8.31. The molecule has 1 rings (SSSR count). The minimum atomic E-state index is -0.527. The molecule has 4 amide bonds. The topological polar surface area (TPSA) is 99.8 Å². The molecule has 0 aromatic rings. The summed E-state index contributed by atoms with van der Waals surface area (Å²) < 4.78 is 4.83. The lowest BCUT2D eigenvalue weighted by atomic mass is 9.92. The van der Waals surface area contributed by atoms with Gasteiger partial charge in [-0.3, -0.25) is 19.8 Å². The monoisotopic (exact) mass is 356 g/mol. The van der Waals surface area contributed by atoms with Crippen molar-refractivity contribution in [3.05, 3.63) is 0 Å². The second-order valence-corrected chi connectivity index (χ2v) is 6.49. The van der Waals surface area contributed by atoms with E-state index >= 15 is 0 Å². The van der Waals surface area contributed by atoms with Crippen LogP contribution >= 0.6 is 0 Å². The number of imide groups is 1. The van der Waals surface area contributed by atoms with E-state index in [1.54, 1.807) is 0 Å². The first kappa shape index (κ1) is 21.4. The summed E-state index contributed by atoms with van der Waals surface area (Å²) in [6.07, 6.45) is 3.70. The smallest absolute Gasteiger partial charge is 0.321 e. The van der Waals surface area contributed by atoms with Crippen molar-refractivity contribution in [2.75, 3.05) is 39.9 Å². The number of carbonyl (C=O) groups is 3. The van der Waals surface area contributed by atoms with Crippen molar-refractivity contribution in [2.45, 2.75) is 45.6 Å². The van der Waals surface area contributed by atoms with Crippen LogP contribution in [-0.2, 0) is 14.3 Å². The highest BCUT2D eigenvalue weighted by atomic mass is 16.5. The minimum absolute atomic E-state index is 0.0584. The van der Waals surface area contributed by atoms with Crippen molar-refractivity contribution < 1.29 is 19.1 Å². The van der Waals surface area contributed by atoms with Crippen molar-refractivity contribution in [1.82, 2.24) is 20.9 Å². The first-order chi connectivity index (χ1) is 12.0. The molecule has 1 saturated heterocycles. The largest absolute Gasteiger partial charge is 0.383 e. The highest BCUT2D eigenvalue weighted by Gasteiger charge is 2.30. The fourth-order valence-corrected chi connectivity index (χ4v) is 2.81. The Bertz CT molecular complexity index is 444. The number of ether oxygens (including phenoxy) is 1. The Kier molecular flexibility index (Phi) is 10.1. The fourth-order valence-electron chi connectivity index (χ4n) is 2.81. The molecule has 1 aliphatic heterocycles. The number of urea groups is 1. The van der Waals surface area contributed by atoms with Gasteiger partial charge in [0.25, 0.3) is 0 Å². The maximum atomic E-state index is 12.2. The molecule has 2 unspecified atom stereocenters. The molecule has 144 valence electrons. The molecule has 25 heavy (non-hydrogen) atoms. The van der Waals surface area contributed by atoms with E-state index in [0.29, 0.717) is 26.2 Å². The molecular weight excluding hydrogens is 324 g/mol. The first-order valence-electron chi connectivity index (χ1n) is 9.06. The lowest BCUT2D eigenvalue weighted by molar-refractivity contribution is -0.129. The van der Waals surface area contributed by atoms with Crippen LogP contribution in [0.4, 0.5) is 4.79 Å². The zero-order valence-corrected chi connectivity index (χ0v) is 15.6. The second-order valence-electron chi connectivity index (χ2n) is 6.49. The standard InChI is InChI=1S/C17H32N4O4/c1-4-5-8-18-16(23)14-7-6-13(2)21(11-14)12-15(22)20-17(24)19-9-10-25-3/h13-14H,4-12H2,1-3H3,(H,18,23)(H2,19,20,22,24). The molecule has 1 aliphatic rings. The minimum Gasteiger partial charge on any atom is -0.383 e. The van der Waals surface area contributed by atoms with Crippen LogP contribution in [0.25, 0.3) is 0 Å². The van der Waals surface area contributed by atoms with E-state index in [1.165, 1.54) is 7.11 Å². The molecule has 0 aromatic heterocycles. The molecule has 2 atom stereocenters. The van der Waals surface area contributed by atoms with Crippen molar-refractivity contribution in [2.24, 2.45) is 5.92 Å².